The summed E-state index contributed by atoms with van der Waals surface area (Å²) in [4.78, 5) is 3.23. The minimum absolute atomic E-state index is 0.660. The molecule has 0 atom stereocenters. The van der Waals surface area contributed by atoms with E-state index in [9.17, 15) is 0 Å². The number of rotatable bonds is 8. The number of nitrogens with two attached hydrogens (primary N) is 1. The maximum Gasteiger partial charge on any atom is 0.0727 e. The molecule has 82 valence electrons. The lowest BCUT2D eigenvalue weighted by atomic mass is 10.2. The molecule has 1 saturated carbocycles. The highest BCUT2D eigenvalue weighted by Crippen LogP contribution is 2.29. The average molecular weight is 214 g/mol. The lowest BCUT2D eigenvalue weighted by Gasteiger charge is -2.21. The van der Waals surface area contributed by atoms with E-state index in [1.165, 1.54) is 38.9 Å². The summed E-state index contributed by atoms with van der Waals surface area (Å²) in [5, 5.41) is 0. The number of thiocarbonyl (C=S) groups is 1. The van der Waals surface area contributed by atoms with Gasteiger partial charge in [-0.25, -0.2) is 0 Å². The van der Waals surface area contributed by atoms with E-state index in [0.29, 0.717) is 4.99 Å². The fraction of sp³-hybridized carbons (Fsp3) is 0.909. The largest absolute Gasteiger partial charge is 0.393 e. The molecule has 14 heavy (non-hydrogen) atoms. The second-order valence-corrected chi connectivity index (χ2v) is 4.84. The van der Waals surface area contributed by atoms with Crippen molar-refractivity contribution in [2.75, 3.05) is 19.6 Å². The first-order valence-corrected chi connectivity index (χ1v) is 6.14. The Morgan fingerprint density at radius 3 is 2.64 bits per heavy atom. The van der Waals surface area contributed by atoms with E-state index in [0.717, 1.165) is 18.8 Å². The molecule has 0 aromatic heterocycles. The molecule has 1 rings (SSSR count). The van der Waals surface area contributed by atoms with Gasteiger partial charge in [-0.1, -0.05) is 19.1 Å². The second-order valence-electron chi connectivity index (χ2n) is 4.31. The number of nitrogens with zero attached hydrogens (tertiary/aromatic N) is 1. The van der Waals surface area contributed by atoms with E-state index in [2.05, 4.69) is 11.8 Å². The van der Waals surface area contributed by atoms with E-state index in [-0.39, 0.29) is 0 Å². The van der Waals surface area contributed by atoms with Gasteiger partial charge in [-0.3, -0.25) is 0 Å². The van der Waals surface area contributed by atoms with E-state index in [1.807, 2.05) is 0 Å². The number of hydrogen-bond acceptors (Lipinski definition) is 2. The molecule has 3 heteroatoms. The molecule has 0 unspecified atom stereocenters. The second kappa shape index (κ2) is 6.36. The van der Waals surface area contributed by atoms with Gasteiger partial charge < -0.3 is 10.6 Å². The summed E-state index contributed by atoms with van der Waals surface area (Å²) >= 11 is 4.87. The molecule has 1 aliphatic rings. The quantitative estimate of drug-likeness (QED) is 0.628. The van der Waals surface area contributed by atoms with E-state index in [1.54, 1.807) is 0 Å². The van der Waals surface area contributed by atoms with Crippen molar-refractivity contribution in [2.45, 2.75) is 39.0 Å². The maximum absolute atomic E-state index is 5.48. The molecule has 0 amide bonds. The third kappa shape index (κ3) is 5.55. The molecule has 2 N–H and O–H groups in total. The molecule has 2 nitrogen and oxygen atoms in total. The monoisotopic (exact) mass is 214 g/mol. The van der Waals surface area contributed by atoms with Gasteiger partial charge >= 0.3 is 0 Å². The SMILES string of the molecule is CCCN(CCCC(N)=S)CC1CC1. The van der Waals surface area contributed by atoms with E-state index < -0.39 is 0 Å². The lowest BCUT2D eigenvalue weighted by molar-refractivity contribution is 0.262. The molecule has 0 aromatic rings. The van der Waals surface area contributed by atoms with Crippen LogP contribution in [-0.2, 0) is 0 Å². The normalized spacial score (nSPS) is 16.1. The van der Waals surface area contributed by atoms with Gasteiger partial charge in [0.25, 0.3) is 0 Å². The van der Waals surface area contributed by atoms with E-state index >= 15 is 0 Å². The Labute approximate surface area is 92.8 Å². The first-order valence-electron chi connectivity index (χ1n) is 5.73. The summed E-state index contributed by atoms with van der Waals surface area (Å²) in [6.45, 7) is 5.94. The Bertz CT molecular complexity index is 178. The van der Waals surface area contributed by atoms with E-state index in [4.69, 9.17) is 18.0 Å². The van der Waals surface area contributed by atoms with Crippen LogP contribution in [0.3, 0.4) is 0 Å². The fourth-order valence-electron chi connectivity index (χ4n) is 1.75. The smallest absolute Gasteiger partial charge is 0.0727 e. The van der Waals surface area contributed by atoms with Crippen molar-refractivity contribution >= 4 is 17.2 Å². The van der Waals surface area contributed by atoms with Gasteiger partial charge in [-0.2, -0.15) is 0 Å². The Kier molecular flexibility index (Phi) is 5.41. The molecule has 0 radical (unpaired) electrons. The van der Waals surface area contributed by atoms with Crippen molar-refractivity contribution < 1.29 is 0 Å². The molecule has 0 aliphatic heterocycles. The van der Waals surface area contributed by atoms with Crippen molar-refractivity contribution in [2.24, 2.45) is 11.7 Å². The van der Waals surface area contributed by atoms with Gasteiger partial charge in [0.1, 0.15) is 0 Å². The van der Waals surface area contributed by atoms with Gasteiger partial charge in [-0.15, -0.1) is 0 Å². The summed E-state index contributed by atoms with van der Waals surface area (Å²) in [7, 11) is 0. The predicted molar refractivity (Wildman–Crippen MR) is 65.5 cm³/mol. The molecule has 1 aliphatic carbocycles. The van der Waals surface area contributed by atoms with Crippen LogP contribution in [0.25, 0.3) is 0 Å². The van der Waals surface area contributed by atoms with Crippen LogP contribution in [-0.4, -0.2) is 29.5 Å². The van der Waals surface area contributed by atoms with Crippen molar-refractivity contribution in [3.63, 3.8) is 0 Å². The van der Waals surface area contributed by atoms with Crippen LogP contribution in [0.4, 0.5) is 0 Å². The highest BCUT2D eigenvalue weighted by atomic mass is 32.1. The van der Waals surface area contributed by atoms with Crippen LogP contribution >= 0.6 is 12.2 Å². The molecule has 0 heterocycles. The molecule has 0 saturated heterocycles. The third-order valence-corrected chi connectivity index (χ3v) is 2.85. The van der Waals surface area contributed by atoms with Crippen LogP contribution in [0, 0.1) is 5.92 Å². The third-order valence-electron chi connectivity index (χ3n) is 2.65. The molecule has 0 bridgehead atoms. The average Bonchev–Trinajstić information content (AvgIpc) is 2.88. The van der Waals surface area contributed by atoms with Crippen LogP contribution in [0.5, 0.6) is 0 Å². The van der Waals surface area contributed by atoms with Crippen LogP contribution in [0.1, 0.15) is 39.0 Å². The van der Waals surface area contributed by atoms with Crippen LogP contribution in [0.2, 0.25) is 0 Å². The molecular formula is C11H22N2S. The van der Waals surface area contributed by atoms with Gasteiger partial charge in [-0.05, 0) is 51.1 Å². The Morgan fingerprint density at radius 1 is 1.43 bits per heavy atom. The van der Waals surface area contributed by atoms with Crippen LogP contribution in [0.15, 0.2) is 0 Å². The Balaban J connectivity index is 2.09. The summed E-state index contributed by atoms with van der Waals surface area (Å²) in [5.41, 5.74) is 5.48. The topological polar surface area (TPSA) is 29.3 Å². The summed E-state index contributed by atoms with van der Waals surface area (Å²) < 4.78 is 0. The van der Waals surface area contributed by atoms with Gasteiger partial charge in [0.2, 0.25) is 0 Å². The molecule has 0 aromatic carbocycles. The predicted octanol–water partition coefficient (Wildman–Crippen LogP) is 2.17. The molecule has 0 spiro atoms. The zero-order valence-electron chi connectivity index (χ0n) is 9.17. The number of hydrogen-bond donors (Lipinski definition) is 1. The van der Waals surface area contributed by atoms with Gasteiger partial charge in [0, 0.05) is 6.54 Å². The highest BCUT2D eigenvalue weighted by Gasteiger charge is 2.23. The zero-order chi connectivity index (χ0) is 10.4. The maximum atomic E-state index is 5.48. The van der Waals surface area contributed by atoms with Gasteiger partial charge in [0.15, 0.2) is 0 Å². The lowest BCUT2D eigenvalue weighted by Crippen LogP contribution is -2.28. The van der Waals surface area contributed by atoms with Crippen molar-refractivity contribution in [1.29, 1.82) is 0 Å². The first-order chi connectivity index (χ1) is 6.72. The Morgan fingerprint density at radius 2 is 2.14 bits per heavy atom. The first kappa shape index (κ1) is 11.9. The molecule has 1 fully saturated rings. The van der Waals surface area contributed by atoms with Gasteiger partial charge in [0.05, 0.1) is 4.99 Å². The Hall–Kier alpha value is -0.150. The van der Waals surface area contributed by atoms with Crippen molar-refractivity contribution in [1.82, 2.24) is 4.90 Å². The van der Waals surface area contributed by atoms with Crippen LogP contribution < -0.4 is 5.73 Å². The summed E-state index contributed by atoms with van der Waals surface area (Å²) in [6, 6.07) is 0. The minimum atomic E-state index is 0.660. The zero-order valence-corrected chi connectivity index (χ0v) is 9.98. The van der Waals surface area contributed by atoms with Crippen molar-refractivity contribution in [3.8, 4) is 0 Å². The highest BCUT2D eigenvalue weighted by molar-refractivity contribution is 7.80. The summed E-state index contributed by atoms with van der Waals surface area (Å²) in [6.07, 6.45) is 6.16. The molecular weight excluding hydrogens is 192 g/mol. The minimum Gasteiger partial charge on any atom is -0.393 e. The standard InChI is InChI=1S/C11H22N2S/c1-2-7-13(9-10-5-6-10)8-3-4-11(12)14/h10H,2-9H2,1H3,(H2,12,14). The fourth-order valence-corrected chi connectivity index (χ4v) is 1.90. The summed E-state index contributed by atoms with van der Waals surface area (Å²) in [5.74, 6) is 0.992. The van der Waals surface area contributed by atoms with Crippen molar-refractivity contribution in [3.05, 3.63) is 0 Å².